The number of furan rings is 1. The molecular formula is C15H18ClNO2. The Morgan fingerprint density at radius 2 is 2.00 bits per heavy atom. The van der Waals surface area contributed by atoms with Crippen LogP contribution in [0.2, 0.25) is 5.02 Å². The van der Waals surface area contributed by atoms with E-state index in [1.54, 1.807) is 6.26 Å². The fraction of sp³-hybridized carbons (Fsp3) is 0.333. The van der Waals surface area contributed by atoms with Gasteiger partial charge >= 0.3 is 0 Å². The minimum absolute atomic E-state index is 0.546. The molecule has 1 aromatic carbocycles. The first-order valence-electron chi connectivity index (χ1n) is 6.40. The highest BCUT2D eigenvalue weighted by Gasteiger charge is 1.96. The van der Waals surface area contributed by atoms with Crippen molar-refractivity contribution < 1.29 is 9.15 Å². The summed E-state index contributed by atoms with van der Waals surface area (Å²) in [7, 11) is 0. The molecule has 1 N–H and O–H groups in total. The maximum Gasteiger partial charge on any atom is 0.129 e. The number of hydrogen-bond acceptors (Lipinski definition) is 3. The van der Waals surface area contributed by atoms with Gasteiger partial charge in [-0.3, -0.25) is 0 Å². The summed E-state index contributed by atoms with van der Waals surface area (Å²) in [6.07, 6.45) is 2.64. The lowest BCUT2D eigenvalue weighted by Crippen LogP contribution is -2.16. The average molecular weight is 280 g/mol. The molecular weight excluding hydrogens is 262 g/mol. The monoisotopic (exact) mass is 279 g/mol. The topological polar surface area (TPSA) is 34.4 Å². The van der Waals surface area contributed by atoms with Gasteiger partial charge in [0.2, 0.25) is 0 Å². The van der Waals surface area contributed by atoms with Gasteiger partial charge in [0.25, 0.3) is 0 Å². The fourth-order valence-electron chi connectivity index (χ4n) is 1.70. The van der Waals surface area contributed by atoms with Crippen LogP contribution in [0.5, 0.6) is 0 Å². The highest BCUT2D eigenvalue weighted by atomic mass is 35.5. The molecule has 19 heavy (non-hydrogen) atoms. The molecule has 0 aliphatic heterocycles. The molecule has 0 saturated carbocycles. The minimum atomic E-state index is 0.546. The van der Waals surface area contributed by atoms with Gasteiger partial charge in [0, 0.05) is 18.2 Å². The predicted molar refractivity (Wildman–Crippen MR) is 76.1 cm³/mol. The van der Waals surface area contributed by atoms with Crippen LogP contribution < -0.4 is 5.32 Å². The number of hydrogen-bond donors (Lipinski definition) is 1. The maximum absolute atomic E-state index is 5.83. The third-order valence-corrected chi connectivity index (χ3v) is 2.96. The second-order valence-electron chi connectivity index (χ2n) is 4.29. The molecule has 0 bridgehead atoms. The second kappa shape index (κ2) is 8.00. The molecule has 0 aliphatic rings. The molecule has 3 nitrogen and oxygen atoms in total. The van der Waals surface area contributed by atoms with Gasteiger partial charge in [-0.2, -0.15) is 0 Å². The van der Waals surface area contributed by atoms with Crippen LogP contribution in [0.15, 0.2) is 47.1 Å². The summed E-state index contributed by atoms with van der Waals surface area (Å²) in [5.74, 6) is 0.870. The summed E-state index contributed by atoms with van der Waals surface area (Å²) in [4.78, 5) is 0. The first kappa shape index (κ1) is 14.1. The molecule has 4 heteroatoms. The smallest absolute Gasteiger partial charge is 0.129 e. The third-order valence-electron chi connectivity index (χ3n) is 2.71. The van der Waals surface area contributed by atoms with Gasteiger partial charge in [-0.1, -0.05) is 23.7 Å². The Morgan fingerprint density at radius 3 is 2.74 bits per heavy atom. The predicted octanol–water partition coefficient (Wildman–Crippen LogP) is 3.63. The maximum atomic E-state index is 5.83. The van der Waals surface area contributed by atoms with Gasteiger partial charge < -0.3 is 14.5 Å². The van der Waals surface area contributed by atoms with Gasteiger partial charge in [0.1, 0.15) is 12.4 Å². The molecule has 0 saturated heterocycles. The van der Waals surface area contributed by atoms with Crippen LogP contribution in [0, 0.1) is 0 Å². The van der Waals surface area contributed by atoms with E-state index in [1.807, 2.05) is 36.4 Å². The lowest BCUT2D eigenvalue weighted by Gasteiger charge is -2.05. The number of benzene rings is 1. The summed E-state index contributed by atoms with van der Waals surface area (Å²) in [5, 5.41) is 4.14. The number of rotatable bonds is 8. The van der Waals surface area contributed by atoms with E-state index in [4.69, 9.17) is 20.8 Å². The van der Waals surface area contributed by atoms with Crippen LogP contribution >= 0.6 is 11.6 Å². The summed E-state index contributed by atoms with van der Waals surface area (Å²) in [6.45, 7) is 3.06. The lowest BCUT2D eigenvalue weighted by molar-refractivity contribution is 0.104. The van der Waals surface area contributed by atoms with Gasteiger partial charge in [-0.15, -0.1) is 0 Å². The first-order chi connectivity index (χ1) is 9.34. The Bertz CT molecular complexity index is 454. The van der Waals surface area contributed by atoms with Crippen molar-refractivity contribution in [2.75, 3.05) is 13.2 Å². The first-order valence-corrected chi connectivity index (χ1v) is 6.78. The van der Waals surface area contributed by atoms with E-state index >= 15 is 0 Å². The number of ether oxygens (including phenoxy) is 1. The van der Waals surface area contributed by atoms with Crippen molar-refractivity contribution >= 4 is 11.6 Å². The van der Waals surface area contributed by atoms with E-state index in [0.29, 0.717) is 6.61 Å². The van der Waals surface area contributed by atoms with E-state index in [-0.39, 0.29) is 0 Å². The molecule has 0 radical (unpaired) electrons. The van der Waals surface area contributed by atoms with Crippen molar-refractivity contribution in [1.82, 2.24) is 5.32 Å². The molecule has 102 valence electrons. The molecule has 1 heterocycles. The Labute approximate surface area is 118 Å². The molecule has 2 aromatic rings. The molecule has 0 amide bonds. The number of halogens is 1. The summed E-state index contributed by atoms with van der Waals surface area (Å²) in [6, 6.07) is 11.7. The van der Waals surface area contributed by atoms with Crippen LogP contribution in [0.4, 0.5) is 0 Å². The molecule has 1 aromatic heterocycles. The van der Waals surface area contributed by atoms with Crippen molar-refractivity contribution in [3.05, 3.63) is 59.0 Å². The third kappa shape index (κ3) is 5.47. The lowest BCUT2D eigenvalue weighted by atomic mass is 10.2. The Kier molecular flexibility index (Phi) is 5.95. The Hall–Kier alpha value is -1.29. The molecule has 0 aliphatic carbocycles. The van der Waals surface area contributed by atoms with Crippen molar-refractivity contribution in [1.29, 1.82) is 0 Å². The van der Waals surface area contributed by atoms with Crippen molar-refractivity contribution in [2.45, 2.75) is 19.6 Å². The standard InChI is InChI=1S/C15H18ClNO2/c16-14-6-4-13(5-7-14)11-17-8-2-9-18-12-15-3-1-10-19-15/h1,3-7,10,17H,2,8-9,11-12H2. The molecule has 0 fully saturated rings. The van der Waals surface area contributed by atoms with Crippen molar-refractivity contribution in [3.8, 4) is 0 Å². The second-order valence-corrected chi connectivity index (χ2v) is 4.73. The van der Waals surface area contributed by atoms with Crippen molar-refractivity contribution in [3.63, 3.8) is 0 Å². The summed E-state index contributed by atoms with van der Waals surface area (Å²) < 4.78 is 10.7. The SMILES string of the molecule is Clc1ccc(CNCCCOCc2ccco2)cc1. The van der Waals surface area contributed by atoms with E-state index in [0.717, 1.165) is 36.9 Å². The normalized spacial score (nSPS) is 10.8. The van der Waals surface area contributed by atoms with Gasteiger partial charge in [0.15, 0.2) is 0 Å². The zero-order valence-electron chi connectivity index (χ0n) is 10.8. The van der Waals surface area contributed by atoms with E-state index in [1.165, 1.54) is 5.56 Å². The largest absolute Gasteiger partial charge is 0.467 e. The molecule has 0 atom stereocenters. The van der Waals surface area contributed by atoms with Gasteiger partial charge in [-0.25, -0.2) is 0 Å². The zero-order chi connectivity index (χ0) is 13.3. The van der Waals surface area contributed by atoms with Crippen LogP contribution in [0.3, 0.4) is 0 Å². The van der Waals surface area contributed by atoms with Crippen LogP contribution in [-0.2, 0) is 17.9 Å². The fourth-order valence-corrected chi connectivity index (χ4v) is 1.83. The van der Waals surface area contributed by atoms with Crippen LogP contribution in [-0.4, -0.2) is 13.2 Å². The quantitative estimate of drug-likeness (QED) is 0.749. The van der Waals surface area contributed by atoms with Gasteiger partial charge in [-0.05, 0) is 42.8 Å². The highest BCUT2D eigenvalue weighted by Crippen LogP contribution is 2.09. The zero-order valence-corrected chi connectivity index (χ0v) is 11.5. The Balaban J connectivity index is 1.49. The van der Waals surface area contributed by atoms with E-state index in [2.05, 4.69) is 5.32 Å². The van der Waals surface area contributed by atoms with E-state index in [9.17, 15) is 0 Å². The molecule has 2 rings (SSSR count). The van der Waals surface area contributed by atoms with E-state index < -0.39 is 0 Å². The van der Waals surface area contributed by atoms with Crippen molar-refractivity contribution in [2.24, 2.45) is 0 Å². The average Bonchev–Trinajstić information content (AvgIpc) is 2.93. The minimum Gasteiger partial charge on any atom is -0.467 e. The summed E-state index contributed by atoms with van der Waals surface area (Å²) in [5.41, 5.74) is 1.24. The number of nitrogens with one attached hydrogen (secondary N) is 1. The van der Waals surface area contributed by atoms with Gasteiger partial charge in [0.05, 0.1) is 6.26 Å². The highest BCUT2D eigenvalue weighted by molar-refractivity contribution is 6.30. The van der Waals surface area contributed by atoms with Crippen LogP contribution in [0.25, 0.3) is 0 Å². The molecule has 0 spiro atoms. The molecule has 0 unspecified atom stereocenters. The summed E-state index contributed by atoms with van der Waals surface area (Å²) >= 11 is 5.83. The Morgan fingerprint density at radius 1 is 1.16 bits per heavy atom. The van der Waals surface area contributed by atoms with Crippen LogP contribution in [0.1, 0.15) is 17.7 Å².